The zero-order valence-corrected chi connectivity index (χ0v) is 23.6. The van der Waals surface area contributed by atoms with Gasteiger partial charge in [0, 0.05) is 49.7 Å². The van der Waals surface area contributed by atoms with Crippen molar-refractivity contribution in [2.24, 2.45) is 0 Å². The Morgan fingerprint density at radius 2 is 1.54 bits per heavy atom. The van der Waals surface area contributed by atoms with E-state index in [9.17, 15) is 19.5 Å². The Balaban J connectivity index is 1.21. The van der Waals surface area contributed by atoms with Crippen molar-refractivity contribution in [3.63, 3.8) is 0 Å². The van der Waals surface area contributed by atoms with Crippen molar-refractivity contribution in [1.82, 2.24) is 10.2 Å². The third kappa shape index (κ3) is 8.89. The highest BCUT2D eigenvalue weighted by atomic mass is 16.6. The van der Waals surface area contributed by atoms with Crippen molar-refractivity contribution in [3.8, 4) is 5.75 Å². The van der Waals surface area contributed by atoms with E-state index in [1.807, 2.05) is 57.2 Å². The molecule has 0 bridgehead atoms. The Hall–Kier alpha value is -4.73. The van der Waals surface area contributed by atoms with Gasteiger partial charge in [0.25, 0.3) is 5.91 Å². The Morgan fingerprint density at radius 1 is 0.878 bits per heavy atom. The van der Waals surface area contributed by atoms with Gasteiger partial charge in [0.2, 0.25) is 0 Å². The van der Waals surface area contributed by atoms with Crippen molar-refractivity contribution >= 4 is 29.5 Å². The number of phenolic OH excluding ortho intramolecular Hbond substituents is 1. The lowest BCUT2D eigenvalue weighted by Gasteiger charge is -2.35. The molecular weight excluding hydrogens is 524 g/mol. The number of piperazine rings is 1. The van der Waals surface area contributed by atoms with Crippen LogP contribution in [0.3, 0.4) is 0 Å². The lowest BCUT2D eigenvalue weighted by Crippen LogP contribution is -2.48. The molecule has 0 unspecified atom stereocenters. The molecule has 4 rings (SSSR count). The van der Waals surface area contributed by atoms with Crippen molar-refractivity contribution in [3.05, 3.63) is 89.5 Å². The van der Waals surface area contributed by atoms with E-state index in [1.54, 1.807) is 29.2 Å². The predicted molar refractivity (Wildman–Crippen MR) is 156 cm³/mol. The molecule has 0 aromatic heterocycles. The van der Waals surface area contributed by atoms with Gasteiger partial charge in [-0.1, -0.05) is 24.3 Å². The minimum Gasteiger partial charge on any atom is -0.508 e. The number of nitrogens with one attached hydrogen (secondary N) is 2. The molecule has 1 aliphatic heterocycles. The average Bonchev–Trinajstić information content (AvgIpc) is 2.95. The molecule has 0 radical (unpaired) electrons. The van der Waals surface area contributed by atoms with E-state index in [1.165, 1.54) is 12.1 Å². The standard InChI is InChI=1S/C31H36N4O6/c1-31(2,3)41-29(38)32-20-22-5-4-6-23(19-22)21-40-30(39)35-17-15-34(16-18-35)26-11-7-24(8-12-26)28(37)33-25-9-13-27(36)14-10-25/h4-14,19,36H,15-18,20-21H2,1-3H3,(H,32,38)(H,33,37). The van der Waals surface area contributed by atoms with Crippen LogP contribution in [0.4, 0.5) is 21.0 Å². The molecule has 10 heteroatoms. The number of carbonyl (C=O) groups is 3. The third-order valence-electron chi connectivity index (χ3n) is 6.35. The van der Waals surface area contributed by atoms with Crippen LogP contribution in [0.1, 0.15) is 42.3 Å². The molecule has 3 aromatic carbocycles. The summed E-state index contributed by atoms with van der Waals surface area (Å²) in [5, 5.41) is 14.9. The number of carbonyl (C=O) groups excluding carboxylic acids is 3. The SMILES string of the molecule is CC(C)(C)OC(=O)NCc1cccc(COC(=O)N2CCN(c3ccc(C(=O)Nc4ccc(O)cc4)cc3)CC2)c1. The van der Waals surface area contributed by atoms with E-state index in [0.29, 0.717) is 44.0 Å². The van der Waals surface area contributed by atoms with E-state index in [4.69, 9.17) is 9.47 Å². The summed E-state index contributed by atoms with van der Waals surface area (Å²) in [6, 6.07) is 21.1. The summed E-state index contributed by atoms with van der Waals surface area (Å²) >= 11 is 0. The topological polar surface area (TPSA) is 120 Å². The van der Waals surface area contributed by atoms with Crippen molar-refractivity contribution in [2.75, 3.05) is 36.4 Å². The number of hydrogen-bond acceptors (Lipinski definition) is 7. The van der Waals surface area contributed by atoms with Gasteiger partial charge in [-0.25, -0.2) is 9.59 Å². The molecule has 10 nitrogen and oxygen atoms in total. The van der Waals surface area contributed by atoms with Crippen LogP contribution in [0.2, 0.25) is 0 Å². The number of hydrogen-bond donors (Lipinski definition) is 3. The van der Waals surface area contributed by atoms with E-state index in [0.717, 1.165) is 16.8 Å². The number of phenols is 1. The molecule has 1 aliphatic rings. The van der Waals surface area contributed by atoms with E-state index >= 15 is 0 Å². The normalized spacial score (nSPS) is 13.3. The number of alkyl carbamates (subject to hydrolysis) is 1. The monoisotopic (exact) mass is 560 g/mol. The first-order chi connectivity index (χ1) is 19.6. The van der Waals surface area contributed by atoms with E-state index < -0.39 is 11.7 Å². The molecule has 0 aliphatic carbocycles. The van der Waals surface area contributed by atoms with Crippen LogP contribution in [0.25, 0.3) is 0 Å². The van der Waals surface area contributed by atoms with Crippen LogP contribution in [0, 0.1) is 0 Å². The average molecular weight is 561 g/mol. The lowest BCUT2D eigenvalue weighted by atomic mass is 10.1. The highest BCUT2D eigenvalue weighted by Crippen LogP contribution is 2.20. The van der Waals surface area contributed by atoms with Crippen LogP contribution in [0.15, 0.2) is 72.8 Å². The number of amides is 3. The minimum atomic E-state index is -0.565. The molecule has 0 spiro atoms. The smallest absolute Gasteiger partial charge is 0.410 e. The molecule has 3 N–H and O–H groups in total. The molecule has 1 fully saturated rings. The van der Waals surface area contributed by atoms with Crippen LogP contribution in [-0.4, -0.2) is 59.9 Å². The lowest BCUT2D eigenvalue weighted by molar-refractivity contribution is 0.0523. The third-order valence-corrected chi connectivity index (χ3v) is 6.35. The quantitative estimate of drug-likeness (QED) is 0.343. The van der Waals surface area contributed by atoms with Gasteiger partial charge in [-0.2, -0.15) is 0 Å². The van der Waals surface area contributed by atoms with Gasteiger partial charge in [0.15, 0.2) is 0 Å². The molecule has 41 heavy (non-hydrogen) atoms. The molecule has 3 aromatic rings. The van der Waals surface area contributed by atoms with E-state index in [-0.39, 0.29) is 24.4 Å². The summed E-state index contributed by atoms with van der Waals surface area (Å²) in [6.07, 6.45) is -0.858. The van der Waals surface area contributed by atoms with Crippen molar-refractivity contribution in [2.45, 2.75) is 39.5 Å². The first kappa shape index (κ1) is 29.3. The second kappa shape index (κ2) is 13.1. The molecule has 0 atom stereocenters. The first-order valence-electron chi connectivity index (χ1n) is 13.5. The Labute approximate surface area is 239 Å². The molecule has 1 saturated heterocycles. The Bertz CT molecular complexity index is 1340. The van der Waals surface area contributed by atoms with Crippen LogP contribution in [-0.2, 0) is 22.6 Å². The maximum Gasteiger partial charge on any atom is 0.410 e. The minimum absolute atomic E-state index is 0.132. The van der Waals surface area contributed by atoms with Gasteiger partial charge in [-0.15, -0.1) is 0 Å². The number of anilines is 2. The summed E-state index contributed by atoms with van der Waals surface area (Å²) < 4.78 is 10.8. The molecule has 0 saturated carbocycles. The van der Waals surface area contributed by atoms with Gasteiger partial charge < -0.3 is 35.0 Å². The van der Waals surface area contributed by atoms with Gasteiger partial charge in [0.1, 0.15) is 18.0 Å². The summed E-state index contributed by atoms with van der Waals surface area (Å²) in [5.41, 5.74) is 3.23. The zero-order chi connectivity index (χ0) is 29.4. The fourth-order valence-electron chi connectivity index (χ4n) is 4.27. The van der Waals surface area contributed by atoms with Crippen LogP contribution in [0.5, 0.6) is 5.75 Å². The van der Waals surface area contributed by atoms with Crippen molar-refractivity contribution < 1.29 is 29.0 Å². The molecule has 1 heterocycles. The fourth-order valence-corrected chi connectivity index (χ4v) is 4.27. The van der Waals surface area contributed by atoms with Gasteiger partial charge >= 0.3 is 12.2 Å². The summed E-state index contributed by atoms with van der Waals surface area (Å²) in [6.45, 7) is 8.17. The summed E-state index contributed by atoms with van der Waals surface area (Å²) in [5.74, 6) is -0.100. The molecule has 216 valence electrons. The predicted octanol–water partition coefficient (Wildman–Crippen LogP) is 5.13. The summed E-state index contributed by atoms with van der Waals surface area (Å²) in [7, 11) is 0. The number of aromatic hydroxyl groups is 1. The Kier molecular flexibility index (Phi) is 9.34. The number of nitrogens with zero attached hydrogens (tertiary/aromatic N) is 2. The van der Waals surface area contributed by atoms with Crippen LogP contribution >= 0.6 is 0 Å². The molecule has 3 amide bonds. The first-order valence-corrected chi connectivity index (χ1v) is 13.5. The van der Waals surface area contributed by atoms with Gasteiger partial charge in [0.05, 0.1) is 0 Å². The number of ether oxygens (including phenoxy) is 2. The maximum atomic E-state index is 12.7. The number of rotatable bonds is 7. The maximum absolute atomic E-state index is 12.7. The fraction of sp³-hybridized carbons (Fsp3) is 0.323. The zero-order valence-electron chi connectivity index (χ0n) is 23.6. The van der Waals surface area contributed by atoms with Gasteiger partial charge in [-0.05, 0) is 80.4 Å². The molecular formula is C31H36N4O6. The van der Waals surface area contributed by atoms with Crippen molar-refractivity contribution in [1.29, 1.82) is 0 Å². The van der Waals surface area contributed by atoms with Crippen LogP contribution < -0.4 is 15.5 Å². The highest BCUT2D eigenvalue weighted by molar-refractivity contribution is 6.04. The highest BCUT2D eigenvalue weighted by Gasteiger charge is 2.23. The Morgan fingerprint density at radius 3 is 2.20 bits per heavy atom. The van der Waals surface area contributed by atoms with Gasteiger partial charge in [-0.3, -0.25) is 4.79 Å². The second-order valence-electron chi connectivity index (χ2n) is 10.8. The second-order valence-corrected chi connectivity index (χ2v) is 10.8. The van der Waals surface area contributed by atoms with E-state index in [2.05, 4.69) is 15.5 Å². The largest absolute Gasteiger partial charge is 0.508 e. The number of benzene rings is 3. The summed E-state index contributed by atoms with van der Waals surface area (Å²) in [4.78, 5) is 41.0.